The number of amides is 1. The predicted molar refractivity (Wildman–Crippen MR) is 62.4 cm³/mol. The molecule has 0 heterocycles. The standard InChI is InChI=1S/C12H24N2O/c1-9-4-6-12(3,7-5-9)14-11(15)8-10(2)13/h9-10H,4-8,13H2,1-3H3,(H,14,15). The van der Waals surface area contributed by atoms with E-state index in [1.165, 1.54) is 12.8 Å². The zero-order valence-corrected chi connectivity index (χ0v) is 10.2. The molecule has 0 aromatic carbocycles. The molecular weight excluding hydrogens is 188 g/mol. The number of nitrogens with two attached hydrogens (primary N) is 1. The maximum absolute atomic E-state index is 11.6. The first-order valence-corrected chi connectivity index (χ1v) is 5.98. The molecule has 1 fully saturated rings. The molecular formula is C12H24N2O. The minimum atomic E-state index is -0.0453. The largest absolute Gasteiger partial charge is 0.351 e. The lowest BCUT2D eigenvalue weighted by Crippen LogP contribution is -2.49. The summed E-state index contributed by atoms with van der Waals surface area (Å²) in [6.45, 7) is 6.30. The molecule has 3 heteroatoms. The third-order valence-electron chi connectivity index (χ3n) is 3.33. The van der Waals surface area contributed by atoms with Crippen LogP contribution in [-0.4, -0.2) is 17.5 Å². The summed E-state index contributed by atoms with van der Waals surface area (Å²) < 4.78 is 0. The highest BCUT2D eigenvalue weighted by Gasteiger charge is 2.30. The van der Waals surface area contributed by atoms with Gasteiger partial charge in [0.25, 0.3) is 0 Å². The molecule has 1 atom stereocenters. The van der Waals surface area contributed by atoms with Crippen LogP contribution in [0.2, 0.25) is 0 Å². The Hall–Kier alpha value is -0.570. The summed E-state index contributed by atoms with van der Waals surface area (Å²) in [7, 11) is 0. The minimum absolute atomic E-state index is 0.0124. The molecule has 0 saturated heterocycles. The second-order valence-corrected chi connectivity index (χ2v) is 5.47. The maximum atomic E-state index is 11.6. The van der Waals surface area contributed by atoms with Crippen LogP contribution in [0, 0.1) is 5.92 Å². The summed E-state index contributed by atoms with van der Waals surface area (Å²) in [5.74, 6) is 0.908. The molecule has 0 bridgehead atoms. The van der Waals surface area contributed by atoms with Gasteiger partial charge in [-0.3, -0.25) is 4.79 Å². The van der Waals surface area contributed by atoms with Crippen LogP contribution < -0.4 is 11.1 Å². The summed E-state index contributed by atoms with van der Waals surface area (Å²) in [5, 5.41) is 3.13. The number of rotatable bonds is 3. The lowest BCUT2D eigenvalue weighted by atomic mass is 9.78. The molecule has 3 N–H and O–H groups in total. The van der Waals surface area contributed by atoms with E-state index in [-0.39, 0.29) is 17.5 Å². The first kappa shape index (κ1) is 12.5. The van der Waals surface area contributed by atoms with Gasteiger partial charge < -0.3 is 11.1 Å². The lowest BCUT2D eigenvalue weighted by molar-refractivity contribution is -0.123. The number of hydrogen-bond acceptors (Lipinski definition) is 2. The van der Waals surface area contributed by atoms with Gasteiger partial charge in [0.1, 0.15) is 0 Å². The predicted octanol–water partition coefficient (Wildman–Crippen LogP) is 1.81. The van der Waals surface area contributed by atoms with E-state index in [4.69, 9.17) is 5.73 Å². The molecule has 0 spiro atoms. The monoisotopic (exact) mass is 212 g/mol. The average molecular weight is 212 g/mol. The number of carbonyl (C=O) groups is 1. The summed E-state index contributed by atoms with van der Waals surface area (Å²) in [6.07, 6.45) is 5.06. The first-order chi connectivity index (χ1) is 6.91. The third-order valence-corrected chi connectivity index (χ3v) is 3.33. The van der Waals surface area contributed by atoms with Crippen molar-refractivity contribution >= 4 is 5.91 Å². The molecule has 1 aliphatic rings. The van der Waals surface area contributed by atoms with Crippen molar-refractivity contribution in [2.75, 3.05) is 0 Å². The smallest absolute Gasteiger partial charge is 0.221 e. The van der Waals surface area contributed by atoms with Crippen LogP contribution in [0.3, 0.4) is 0 Å². The Bertz CT molecular complexity index is 218. The summed E-state index contributed by atoms with van der Waals surface area (Å²) in [4.78, 5) is 11.6. The molecule has 1 rings (SSSR count). The Labute approximate surface area is 92.8 Å². The Kier molecular flexibility index (Phi) is 4.14. The van der Waals surface area contributed by atoms with Crippen molar-refractivity contribution in [2.45, 2.75) is 64.5 Å². The molecule has 0 aromatic rings. The number of hydrogen-bond donors (Lipinski definition) is 2. The number of nitrogens with one attached hydrogen (secondary N) is 1. The molecule has 0 aromatic heterocycles. The van der Waals surface area contributed by atoms with Crippen molar-refractivity contribution in [3.05, 3.63) is 0 Å². The van der Waals surface area contributed by atoms with Crippen molar-refractivity contribution < 1.29 is 4.79 Å². The van der Waals surface area contributed by atoms with Crippen molar-refractivity contribution in [3.8, 4) is 0 Å². The Morgan fingerprint density at radius 2 is 2.07 bits per heavy atom. The molecule has 1 saturated carbocycles. The fourth-order valence-corrected chi connectivity index (χ4v) is 2.20. The maximum Gasteiger partial charge on any atom is 0.221 e. The van der Waals surface area contributed by atoms with Gasteiger partial charge in [-0.05, 0) is 45.4 Å². The topological polar surface area (TPSA) is 55.1 Å². The van der Waals surface area contributed by atoms with Gasteiger partial charge in [-0.15, -0.1) is 0 Å². The van der Waals surface area contributed by atoms with Gasteiger partial charge >= 0.3 is 0 Å². The molecule has 1 unspecified atom stereocenters. The van der Waals surface area contributed by atoms with Crippen LogP contribution >= 0.6 is 0 Å². The normalized spacial score (nSPS) is 33.5. The van der Waals surface area contributed by atoms with E-state index in [1.807, 2.05) is 6.92 Å². The highest BCUT2D eigenvalue weighted by molar-refractivity contribution is 5.77. The van der Waals surface area contributed by atoms with E-state index in [0.717, 1.165) is 18.8 Å². The van der Waals surface area contributed by atoms with E-state index in [1.54, 1.807) is 0 Å². The minimum Gasteiger partial charge on any atom is -0.351 e. The average Bonchev–Trinajstić information content (AvgIpc) is 2.09. The number of carbonyl (C=O) groups excluding carboxylic acids is 1. The zero-order chi connectivity index (χ0) is 11.5. The van der Waals surface area contributed by atoms with Crippen molar-refractivity contribution in [3.63, 3.8) is 0 Å². The summed E-state index contributed by atoms with van der Waals surface area (Å²) in [5.41, 5.74) is 5.62. The second kappa shape index (κ2) is 4.97. The van der Waals surface area contributed by atoms with Gasteiger partial charge in [-0.25, -0.2) is 0 Å². The van der Waals surface area contributed by atoms with Crippen LogP contribution in [0.25, 0.3) is 0 Å². The SMILES string of the molecule is CC(N)CC(=O)NC1(C)CCC(C)CC1. The van der Waals surface area contributed by atoms with Gasteiger partial charge in [-0.1, -0.05) is 6.92 Å². The van der Waals surface area contributed by atoms with Crippen molar-refractivity contribution in [2.24, 2.45) is 11.7 Å². The molecule has 0 aliphatic heterocycles. The fourth-order valence-electron chi connectivity index (χ4n) is 2.20. The molecule has 1 aliphatic carbocycles. The van der Waals surface area contributed by atoms with E-state index < -0.39 is 0 Å². The Balaban J connectivity index is 2.39. The van der Waals surface area contributed by atoms with Gasteiger partial charge in [0.05, 0.1) is 0 Å². The zero-order valence-electron chi connectivity index (χ0n) is 10.2. The first-order valence-electron chi connectivity index (χ1n) is 5.98. The van der Waals surface area contributed by atoms with Gasteiger partial charge in [0.2, 0.25) is 5.91 Å². The van der Waals surface area contributed by atoms with Gasteiger partial charge in [0.15, 0.2) is 0 Å². The Morgan fingerprint density at radius 1 is 1.53 bits per heavy atom. The third kappa shape index (κ3) is 4.20. The molecule has 15 heavy (non-hydrogen) atoms. The van der Waals surface area contributed by atoms with Crippen molar-refractivity contribution in [1.82, 2.24) is 5.32 Å². The van der Waals surface area contributed by atoms with Crippen LogP contribution in [0.15, 0.2) is 0 Å². The summed E-state index contributed by atoms with van der Waals surface area (Å²) in [6, 6.07) is -0.0453. The molecule has 88 valence electrons. The van der Waals surface area contributed by atoms with E-state index in [9.17, 15) is 4.79 Å². The quantitative estimate of drug-likeness (QED) is 0.749. The van der Waals surface area contributed by atoms with Crippen LogP contribution in [-0.2, 0) is 4.79 Å². The van der Waals surface area contributed by atoms with Gasteiger partial charge in [0, 0.05) is 18.0 Å². The van der Waals surface area contributed by atoms with Crippen LogP contribution in [0.1, 0.15) is 52.9 Å². The van der Waals surface area contributed by atoms with Gasteiger partial charge in [-0.2, -0.15) is 0 Å². The van der Waals surface area contributed by atoms with Crippen molar-refractivity contribution in [1.29, 1.82) is 0 Å². The molecule has 0 radical (unpaired) electrons. The van der Waals surface area contributed by atoms with E-state index in [2.05, 4.69) is 19.2 Å². The Morgan fingerprint density at radius 3 is 2.53 bits per heavy atom. The second-order valence-electron chi connectivity index (χ2n) is 5.47. The fraction of sp³-hybridized carbons (Fsp3) is 0.917. The van der Waals surface area contributed by atoms with E-state index >= 15 is 0 Å². The summed E-state index contributed by atoms with van der Waals surface area (Å²) >= 11 is 0. The van der Waals surface area contributed by atoms with Crippen LogP contribution in [0.5, 0.6) is 0 Å². The molecule has 3 nitrogen and oxygen atoms in total. The highest BCUT2D eigenvalue weighted by atomic mass is 16.1. The van der Waals surface area contributed by atoms with E-state index in [0.29, 0.717) is 6.42 Å². The lowest BCUT2D eigenvalue weighted by Gasteiger charge is -2.37. The van der Waals surface area contributed by atoms with Crippen LogP contribution in [0.4, 0.5) is 0 Å². The molecule has 1 amide bonds. The highest BCUT2D eigenvalue weighted by Crippen LogP contribution is 2.31.